The van der Waals surface area contributed by atoms with Gasteiger partial charge in [-0.05, 0) is 27.2 Å². The predicted octanol–water partition coefficient (Wildman–Crippen LogP) is -0.177. The highest BCUT2D eigenvalue weighted by Crippen LogP contribution is 2.22. The first-order valence-electron chi connectivity index (χ1n) is 8.96. The number of aromatic nitrogens is 2. The zero-order chi connectivity index (χ0) is 18.4. The van der Waals surface area contributed by atoms with Gasteiger partial charge in [-0.3, -0.25) is 19.2 Å². The number of carbonyl (C=O) groups is 2. The van der Waals surface area contributed by atoms with Crippen molar-refractivity contribution in [3.05, 3.63) is 18.0 Å². The second-order valence-electron chi connectivity index (χ2n) is 6.32. The number of likely N-dealkylation sites (N-methyl/N-ethyl adjacent to an activating group) is 1. The van der Waals surface area contributed by atoms with Crippen molar-refractivity contribution in [1.29, 1.82) is 0 Å². The lowest BCUT2D eigenvalue weighted by atomic mass is 10.1. The van der Waals surface area contributed by atoms with E-state index < -0.39 is 12.5 Å². The van der Waals surface area contributed by atoms with Crippen LogP contribution in [0, 0.1) is 0 Å². The predicted molar refractivity (Wildman–Crippen MR) is 93.7 cm³/mol. The number of aliphatic hydroxyl groups is 1. The Labute approximate surface area is 148 Å². The van der Waals surface area contributed by atoms with E-state index in [1.807, 2.05) is 42.7 Å². The van der Waals surface area contributed by atoms with Crippen molar-refractivity contribution in [2.45, 2.75) is 52.4 Å². The third-order valence-corrected chi connectivity index (χ3v) is 4.67. The number of aryl methyl sites for hydroxylation is 1. The molecule has 0 bridgehead atoms. The Balaban J connectivity index is 2.12. The van der Waals surface area contributed by atoms with Gasteiger partial charge in [0.05, 0.1) is 12.2 Å². The number of hydrogen-bond donors (Lipinski definition) is 2. The topological polar surface area (TPSA) is 90.7 Å². The lowest BCUT2D eigenvalue weighted by Crippen LogP contribution is -2.45. The molecule has 2 atom stereocenters. The molecule has 1 aromatic rings. The monoisotopic (exact) mass is 351 g/mol. The van der Waals surface area contributed by atoms with E-state index in [-0.39, 0.29) is 18.0 Å². The number of rotatable bonds is 8. The Bertz CT molecular complexity index is 585. The molecule has 1 aliphatic heterocycles. The normalized spacial score (nSPS) is 20.6. The van der Waals surface area contributed by atoms with E-state index in [2.05, 4.69) is 15.3 Å². The molecule has 8 nitrogen and oxygen atoms in total. The summed E-state index contributed by atoms with van der Waals surface area (Å²) in [6, 6.07) is -0.403. The molecular weight excluding hydrogens is 322 g/mol. The van der Waals surface area contributed by atoms with Crippen molar-refractivity contribution in [3.63, 3.8) is 0 Å². The van der Waals surface area contributed by atoms with Crippen LogP contribution < -0.4 is 5.32 Å². The van der Waals surface area contributed by atoms with Crippen LogP contribution in [0.3, 0.4) is 0 Å². The summed E-state index contributed by atoms with van der Waals surface area (Å²) in [5.74, 6) is -0.312. The van der Waals surface area contributed by atoms with Crippen LogP contribution in [0.25, 0.3) is 0 Å². The standard InChI is InChI=1S/C17H29N5O3/c1-4-20(5-2)17(25)15-7-14(19-16(24)12-23)11-21(15)9-13-8-18-22(6-3)10-13/h8,10,14-15,23H,4-7,9,11-12H2,1-3H3,(H,19,24)/t14-,15+/m1/s1. The number of nitrogens with one attached hydrogen (secondary N) is 1. The Morgan fingerprint density at radius 1 is 1.36 bits per heavy atom. The molecule has 2 N–H and O–H groups in total. The quantitative estimate of drug-likeness (QED) is 0.678. The van der Waals surface area contributed by atoms with Gasteiger partial charge in [-0.1, -0.05) is 0 Å². The summed E-state index contributed by atoms with van der Waals surface area (Å²) < 4.78 is 1.86. The number of amides is 2. The number of aliphatic hydroxyl groups excluding tert-OH is 1. The highest BCUT2D eigenvalue weighted by molar-refractivity contribution is 5.83. The van der Waals surface area contributed by atoms with E-state index >= 15 is 0 Å². The van der Waals surface area contributed by atoms with Crippen LogP contribution in [0.15, 0.2) is 12.4 Å². The first kappa shape index (κ1) is 19.4. The number of hydrogen-bond acceptors (Lipinski definition) is 5. The van der Waals surface area contributed by atoms with Crippen molar-refractivity contribution < 1.29 is 14.7 Å². The first-order valence-corrected chi connectivity index (χ1v) is 8.96. The van der Waals surface area contributed by atoms with Crippen molar-refractivity contribution >= 4 is 11.8 Å². The van der Waals surface area contributed by atoms with Gasteiger partial charge in [0.1, 0.15) is 6.61 Å². The van der Waals surface area contributed by atoms with E-state index in [0.29, 0.717) is 32.6 Å². The van der Waals surface area contributed by atoms with Gasteiger partial charge in [0.25, 0.3) is 0 Å². The van der Waals surface area contributed by atoms with Gasteiger partial charge in [0, 0.05) is 50.5 Å². The minimum Gasteiger partial charge on any atom is -0.387 e. The molecule has 0 spiro atoms. The van der Waals surface area contributed by atoms with E-state index in [1.165, 1.54) is 0 Å². The van der Waals surface area contributed by atoms with Gasteiger partial charge in [0.2, 0.25) is 11.8 Å². The summed E-state index contributed by atoms with van der Waals surface area (Å²) in [4.78, 5) is 28.3. The zero-order valence-corrected chi connectivity index (χ0v) is 15.3. The van der Waals surface area contributed by atoms with Gasteiger partial charge in [-0.25, -0.2) is 0 Å². The first-order chi connectivity index (χ1) is 12.0. The summed E-state index contributed by atoms with van der Waals surface area (Å²) in [6.07, 6.45) is 4.36. The Morgan fingerprint density at radius 3 is 2.64 bits per heavy atom. The maximum atomic E-state index is 12.9. The minimum atomic E-state index is -0.533. The van der Waals surface area contributed by atoms with Crippen molar-refractivity contribution in [2.75, 3.05) is 26.2 Å². The second kappa shape index (κ2) is 8.96. The molecule has 0 radical (unpaired) electrons. The van der Waals surface area contributed by atoms with Crippen molar-refractivity contribution in [1.82, 2.24) is 24.9 Å². The van der Waals surface area contributed by atoms with Crippen LogP contribution in [0.5, 0.6) is 0 Å². The van der Waals surface area contributed by atoms with Gasteiger partial charge in [-0.15, -0.1) is 0 Å². The molecule has 2 rings (SSSR count). The maximum Gasteiger partial charge on any atom is 0.245 e. The van der Waals surface area contributed by atoms with Crippen LogP contribution in [0.1, 0.15) is 32.8 Å². The molecule has 25 heavy (non-hydrogen) atoms. The van der Waals surface area contributed by atoms with Gasteiger partial charge in [0.15, 0.2) is 0 Å². The lowest BCUT2D eigenvalue weighted by molar-refractivity contribution is -0.135. The number of likely N-dealkylation sites (tertiary alicyclic amines) is 1. The summed E-state index contributed by atoms with van der Waals surface area (Å²) in [5, 5.41) is 16.0. The number of nitrogens with zero attached hydrogens (tertiary/aromatic N) is 4. The van der Waals surface area contributed by atoms with Crippen molar-refractivity contribution in [3.8, 4) is 0 Å². The fourth-order valence-electron chi connectivity index (χ4n) is 3.35. The molecule has 0 saturated carbocycles. The molecule has 8 heteroatoms. The number of carbonyl (C=O) groups excluding carboxylic acids is 2. The third-order valence-electron chi connectivity index (χ3n) is 4.67. The molecule has 0 aliphatic carbocycles. The molecule has 140 valence electrons. The van der Waals surface area contributed by atoms with E-state index in [0.717, 1.165) is 12.1 Å². The highest BCUT2D eigenvalue weighted by Gasteiger charge is 2.38. The molecule has 0 unspecified atom stereocenters. The Kier molecular flexibility index (Phi) is 6.95. The summed E-state index contributed by atoms with van der Waals surface area (Å²) in [6.45, 7) is 8.77. The molecule has 1 aliphatic rings. The smallest absolute Gasteiger partial charge is 0.245 e. The van der Waals surface area contributed by atoms with Crippen LogP contribution in [0.2, 0.25) is 0 Å². The average Bonchev–Trinajstić information content (AvgIpc) is 3.22. The molecule has 1 aromatic heterocycles. The van der Waals surface area contributed by atoms with Crippen LogP contribution in [-0.4, -0.2) is 74.8 Å². The zero-order valence-electron chi connectivity index (χ0n) is 15.3. The van der Waals surface area contributed by atoms with Crippen molar-refractivity contribution in [2.24, 2.45) is 0 Å². The molecule has 2 amide bonds. The van der Waals surface area contributed by atoms with E-state index in [4.69, 9.17) is 5.11 Å². The SMILES string of the molecule is CCN(CC)C(=O)[C@@H]1C[C@@H](NC(=O)CO)CN1Cc1cnn(CC)c1. The fraction of sp³-hybridized carbons (Fsp3) is 0.706. The van der Waals surface area contributed by atoms with Crippen LogP contribution in [-0.2, 0) is 22.7 Å². The summed E-state index contributed by atoms with van der Waals surface area (Å²) in [7, 11) is 0. The second-order valence-corrected chi connectivity index (χ2v) is 6.32. The highest BCUT2D eigenvalue weighted by atomic mass is 16.3. The van der Waals surface area contributed by atoms with Gasteiger partial charge in [-0.2, -0.15) is 5.10 Å². The van der Waals surface area contributed by atoms with E-state index in [1.54, 1.807) is 0 Å². The summed E-state index contributed by atoms with van der Waals surface area (Å²) >= 11 is 0. The molecular formula is C17H29N5O3. The Morgan fingerprint density at radius 2 is 2.08 bits per heavy atom. The van der Waals surface area contributed by atoms with Crippen LogP contribution >= 0.6 is 0 Å². The largest absolute Gasteiger partial charge is 0.387 e. The lowest BCUT2D eigenvalue weighted by Gasteiger charge is -2.28. The van der Waals surface area contributed by atoms with Gasteiger partial charge >= 0.3 is 0 Å². The summed E-state index contributed by atoms with van der Waals surface area (Å²) in [5.41, 5.74) is 1.05. The third kappa shape index (κ3) is 4.79. The molecule has 1 fully saturated rings. The molecule has 2 heterocycles. The fourth-order valence-corrected chi connectivity index (χ4v) is 3.35. The minimum absolute atomic E-state index is 0.0913. The van der Waals surface area contributed by atoms with Crippen LogP contribution in [0.4, 0.5) is 0 Å². The average molecular weight is 351 g/mol. The molecule has 1 saturated heterocycles. The maximum absolute atomic E-state index is 12.9. The Hall–Kier alpha value is -1.93. The molecule has 0 aromatic carbocycles. The van der Waals surface area contributed by atoms with E-state index in [9.17, 15) is 9.59 Å². The van der Waals surface area contributed by atoms with Gasteiger partial charge < -0.3 is 15.3 Å².